The molecule has 4 saturated heterocycles. The highest BCUT2D eigenvalue weighted by Gasteiger charge is 2.81. The van der Waals surface area contributed by atoms with Crippen LogP contribution < -0.4 is 0 Å². The molecule has 21 heteroatoms. The average molecular weight is 1150 g/mol. The predicted molar refractivity (Wildman–Crippen MR) is 286 cm³/mol. The second kappa shape index (κ2) is 24.9. The molecule has 0 unspecified atom stereocenters. The number of fused-ring (bicyclic) bond motifs is 5. The van der Waals surface area contributed by atoms with Crippen LogP contribution in [0.3, 0.4) is 0 Å². The summed E-state index contributed by atoms with van der Waals surface area (Å²) < 4.78 is 87.5. The lowest BCUT2D eigenvalue weighted by molar-refractivity contribution is -0.356. The standard InChI is InChI=1S/C60H88O21/c1-30(61)39-22-25-60(67)58(39,8)55(78-43(63)19-18-36-16-14-13-15-17-36)53(76-35(6)62)54-57(7)23-21-38(26-37(57)20-24-59(54,60)66)77-44-27-40(68-9)49(32(3)72-44)79-45-28-41(69-10)50(33(4)73-45)80-46-29-42(70-11)51(34(5)74-46)81-56-48(65)52(71-12)47(64)31(2)75-56/h13-20,31-34,38-42,44-56,64-67H,21-29H2,1-12H3/b19-18+/t31-,32-,33-,34-,38+,39-,40+,41+,42-,44+,45+,46+,47-,48-,49-,50-,51-,52-,53+,54-,55-,56+,57+,58+,59+,60-/m1/s1. The number of hydrogen-bond donors (Lipinski definition) is 4. The Morgan fingerprint density at radius 2 is 1.20 bits per heavy atom. The molecule has 454 valence electrons. The van der Waals surface area contributed by atoms with Crippen LogP contribution in [0.2, 0.25) is 0 Å². The Morgan fingerprint density at radius 1 is 0.642 bits per heavy atom. The molecular weight excluding hydrogens is 1060 g/mol. The number of benzene rings is 1. The van der Waals surface area contributed by atoms with Crippen LogP contribution in [0.15, 0.2) is 48.1 Å². The summed E-state index contributed by atoms with van der Waals surface area (Å²) in [6, 6.07) is 9.22. The second-order valence-corrected chi connectivity index (χ2v) is 24.3. The smallest absolute Gasteiger partial charge is 0.331 e. The van der Waals surface area contributed by atoms with Gasteiger partial charge in [-0.1, -0.05) is 55.8 Å². The Labute approximate surface area is 475 Å². The van der Waals surface area contributed by atoms with Crippen molar-refractivity contribution in [2.45, 2.75) is 247 Å². The van der Waals surface area contributed by atoms with Gasteiger partial charge in [0.05, 0.1) is 48.8 Å². The van der Waals surface area contributed by atoms with Crippen LogP contribution in [0.5, 0.6) is 0 Å². The maximum absolute atomic E-state index is 13.9. The molecule has 4 aliphatic heterocycles. The quantitative estimate of drug-likeness (QED) is 0.0941. The molecule has 4 aliphatic carbocycles. The fourth-order valence-corrected chi connectivity index (χ4v) is 15.5. The summed E-state index contributed by atoms with van der Waals surface area (Å²) in [5, 5.41) is 47.9. The summed E-state index contributed by atoms with van der Waals surface area (Å²) in [6.45, 7) is 13.7. The van der Waals surface area contributed by atoms with E-state index in [0.29, 0.717) is 32.1 Å². The SMILES string of the molecule is CO[C@H]1[C@@H](O)[C@H](O[C@@H]2[C@@H](C)O[C@@H](O[C@H]3[C@@H](OC)C[C@H](O[C@H]4[C@@H](OC)C[C@H](O[C@H]5CC[C@@]6(C)C(=CC[C@]7(O)[C@@H]6[C@H](OC(C)=O)[C@@H](OC(=O)/C=C/c6ccccc6)[C@]6(C)[C@@H](C(C)=O)CC[C@@]67O)C5)O[C@@H]4C)O[C@@H]3C)C[C@H]2OC)O[C@H](C)[C@H]1O. The van der Waals surface area contributed by atoms with E-state index in [9.17, 15) is 34.8 Å². The van der Waals surface area contributed by atoms with Crippen LogP contribution >= 0.6 is 0 Å². The van der Waals surface area contributed by atoms with Crippen LogP contribution in [-0.2, 0) is 80.7 Å². The zero-order valence-corrected chi connectivity index (χ0v) is 48.9. The van der Waals surface area contributed by atoms with E-state index in [1.807, 2.05) is 64.1 Å². The average Bonchev–Trinajstić information content (AvgIpc) is 3.19. The Kier molecular flexibility index (Phi) is 19.2. The topological polar surface area (TPSA) is 261 Å². The van der Waals surface area contributed by atoms with Crippen LogP contribution in [-0.4, -0.2) is 201 Å². The van der Waals surface area contributed by atoms with Crippen molar-refractivity contribution in [1.82, 2.24) is 0 Å². The predicted octanol–water partition coefficient (Wildman–Crippen LogP) is 4.63. The van der Waals surface area contributed by atoms with E-state index in [1.165, 1.54) is 27.0 Å². The van der Waals surface area contributed by atoms with E-state index in [-0.39, 0.29) is 37.6 Å². The van der Waals surface area contributed by atoms with E-state index in [4.69, 9.17) is 66.3 Å². The van der Waals surface area contributed by atoms with Crippen LogP contribution in [0, 0.1) is 22.7 Å². The third-order valence-electron chi connectivity index (χ3n) is 19.7. The van der Waals surface area contributed by atoms with Crippen molar-refractivity contribution in [3.05, 3.63) is 53.6 Å². The van der Waals surface area contributed by atoms with Gasteiger partial charge in [-0.25, -0.2) is 4.79 Å². The lowest BCUT2D eigenvalue weighted by Crippen LogP contribution is -2.80. The van der Waals surface area contributed by atoms with Gasteiger partial charge in [-0.3, -0.25) is 9.59 Å². The molecule has 0 amide bonds. The molecule has 81 heavy (non-hydrogen) atoms. The minimum atomic E-state index is -1.91. The number of esters is 2. The first-order chi connectivity index (χ1) is 38.4. The van der Waals surface area contributed by atoms with Crippen molar-refractivity contribution in [2.24, 2.45) is 22.7 Å². The van der Waals surface area contributed by atoms with Crippen molar-refractivity contribution in [2.75, 3.05) is 28.4 Å². The minimum Gasteiger partial charge on any atom is -0.458 e. The number of ether oxygens (including phenoxy) is 14. The summed E-state index contributed by atoms with van der Waals surface area (Å²) in [4.78, 5) is 40.6. The second-order valence-electron chi connectivity index (χ2n) is 24.3. The van der Waals surface area contributed by atoms with Crippen LogP contribution in [0.4, 0.5) is 0 Å². The van der Waals surface area contributed by atoms with Crippen molar-refractivity contribution in [3.63, 3.8) is 0 Å². The molecule has 0 radical (unpaired) electrons. The van der Waals surface area contributed by atoms with Gasteiger partial charge in [0.25, 0.3) is 0 Å². The maximum atomic E-state index is 13.9. The number of methoxy groups -OCH3 is 4. The molecular formula is C60H88O21. The summed E-state index contributed by atoms with van der Waals surface area (Å²) in [5.41, 5.74) is -4.49. The number of hydrogen-bond acceptors (Lipinski definition) is 21. The minimum absolute atomic E-state index is 0.00277. The van der Waals surface area contributed by atoms with E-state index >= 15 is 0 Å². The van der Waals surface area contributed by atoms with Crippen LogP contribution in [0.25, 0.3) is 6.08 Å². The van der Waals surface area contributed by atoms with E-state index in [1.54, 1.807) is 41.3 Å². The molecule has 0 aromatic heterocycles. The molecule has 1 aromatic rings. The molecule has 4 heterocycles. The monoisotopic (exact) mass is 1140 g/mol. The van der Waals surface area contributed by atoms with Gasteiger partial charge in [-0.2, -0.15) is 0 Å². The molecule has 1 aromatic carbocycles. The van der Waals surface area contributed by atoms with Crippen molar-refractivity contribution in [3.8, 4) is 0 Å². The number of aliphatic hydroxyl groups is 4. The summed E-state index contributed by atoms with van der Waals surface area (Å²) in [5.74, 6) is -3.36. The third-order valence-corrected chi connectivity index (χ3v) is 19.7. The lowest BCUT2D eigenvalue weighted by Gasteiger charge is -2.68. The molecule has 4 N–H and O–H groups in total. The van der Waals surface area contributed by atoms with Crippen molar-refractivity contribution in [1.29, 1.82) is 0 Å². The summed E-state index contributed by atoms with van der Waals surface area (Å²) >= 11 is 0. The zero-order chi connectivity index (χ0) is 58.5. The Hall–Kier alpha value is -3.33. The zero-order valence-electron chi connectivity index (χ0n) is 48.9. The maximum Gasteiger partial charge on any atom is 0.331 e. The van der Waals surface area contributed by atoms with E-state index < -0.39 is 163 Å². The Balaban J connectivity index is 0.836. The fraction of sp³-hybridized carbons (Fsp3) is 0.783. The number of aliphatic hydroxyl groups excluding tert-OH is 2. The molecule has 3 saturated carbocycles. The van der Waals surface area contributed by atoms with Gasteiger partial charge in [0, 0.05) is 78.0 Å². The molecule has 9 rings (SSSR count). The number of Topliss-reactive ketones (excluding diaryl/α,β-unsaturated/α-hetero) is 1. The Bertz CT molecular complexity index is 2410. The highest BCUT2D eigenvalue weighted by molar-refractivity contribution is 5.87. The summed E-state index contributed by atoms with van der Waals surface area (Å²) in [7, 11) is 6.21. The molecule has 21 nitrogen and oxygen atoms in total. The van der Waals surface area contributed by atoms with Crippen molar-refractivity contribution >= 4 is 23.8 Å². The molecule has 8 aliphatic rings. The molecule has 0 bridgehead atoms. The highest BCUT2D eigenvalue weighted by atomic mass is 16.8. The highest BCUT2D eigenvalue weighted by Crippen LogP contribution is 2.70. The van der Waals surface area contributed by atoms with E-state index in [0.717, 1.165) is 11.1 Å². The first-order valence-electron chi connectivity index (χ1n) is 28.9. The van der Waals surface area contributed by atoms with Gasteiger partial charge in [-0.05, 0) is 90.2 Å². The Morgan fingerprint density at radius 3 is 1.73 bits per heavy atom. The normalized spacial score (nSPS) is 47.1. The number of carbonyl (C=O) groups is 3. The largest absolute Gasteiger partial charge is 0.458 e. The van der Waals surface area contributed by atoms with E-state index in [2.05, 4.69) is 0 Å². The van der Waals surface area contributed by atoms with Crippen LogP contribution in [0.1, 0.15) is 119 Å². The number of rotatable bonds is 17. The van der Waals surface area contributed by atoms with Gasteiger partial charge in [0.2, 0.25) is 0 Å². The van der Waals surface area contributed by atoms with Crippen molar-refractivity contribution < 1.29 is 101 Å². The first-order valence-corrected chi connectivity index (χ1v) is 28.9. The summed E-state index contributed by atoms with van der Waals surface area (Å²) in [6.07, 6.45) is -7.08. The molecule has 26 atom stereocenters. The number of ketones is 1. The van der Waals surface area contributed by atoms with Gasteiger partial charge >= 0.3 is 11.9 Å². The molecule has 0 spiro atoms. The lowest BCUT2D eigenvalue weighted by atomic mass is 9.42. The van der Waals surface area contributed by atoms with Gasteiger partial charge in [-0.15, -0.1) is 0 Å². The van der Waals surface area contributed by atoms with Gasteiger partial charge in [0.15, 0.2) is 25.2 Å². The number of carbonyl (C=O) groups excluding carboxylic acids is 3. The van der Waals surface area contributed by atoms with Gasteiger partial charge in [0.1, 0.15) is 65.8 Å². The third kappa shape index (κ3) is 11.6. The first kappa shape index (κ1) is 62.2. The molecule has 7 fully saturated rings. The fourth-order valence-electron chi connectivity index (χ4n) is 15.5. The van der Waals surface area contributed by atoms with Gasteiger partial charge < -0.3 is 86.7 Å².